The molecular formula is C9H9NO2. The normalized spacial score (nSPS) is 8.75. The molecule has 0 N–H and O–H groups in total. The van der Waals surface area contributed by atoms with Crippen LogP contribution in [-0.2, 0) is 0 Å². The first-order valence-electron chi connectivity index (χ1n) is 3.36. The van der Waals surface area contributed by atoms with Crippen LogP contribution in [0.3, 0.4) is 0 Å². The number of rotatable bonds is 2. The van der Waals surface area contributed by atoms with Crippen LogP contribution in [0.25, 0.3) is 0 Å². The summed E-state index contributed by atoms with van der Waals surface area (Å²) in [5, 5.41) is 0. The molecule has 0 aromatic carbocycles. The predicted octanol–water partition coefficient (Wildman–Crippen LogP) is 1.08. The molecule has 1 rings (SSSR count). The molecule has 1 aromatic heterocycles. The third-order valence-electron chi connectivity index (χ3n) is 1.43. The monoisotopic (exact) mass is 163 g/mol. The SMILES string of the molecule is C#Cc1cnc(OC)cc1OC. The molecule has 0 radical (unpaired) electrons. The molecule has 0 amide bonds. The van der Waals surface area contributed by atoms with E-state index in [4.69, 9.17) is 15.9 Å². The summed E-state index contributed by atoms with van der Waals surface area (Å²) in [5.41, 5.74) is 0.623. The van der Waals surface area contributed by atoms with Crippen LogP contribution in [0.5, 0.6) is 11.6 Å². The van der Waals surface area contributed by atoms with E-state index in [-0.39, 0.29) is 0 Å². The highest BCUT2D eigenvalue weighted by Gasteiger charge is 2.02. The highest BCUT2D eigenvalue weighted by Crippen LogP contribution is 2.20. The molecule has 62 valence electrons. The zero-order valence-corrected chi connectivity index (χ0v) is 7.00. The minimum atomic E-state index is 0.492. The lowest BCUT2D eigenvalue weighted by atomic mass is 10.3. The standard InChI is InChI=1S/C9H9NO2/c1-4-7-6-10-9(12-3)5-8(7)11-2/h1,5-6H,2-3H3. The van der Waals surface area contributed by atoms with Crippen molar-refractivity contribution in [1.82, 2.24) is 4.98 Å². The van der Waals surface area contributed by atoms with Crippen molar-refractivity contribution in [3.8, 4) is 24.0 Å². The van der Waals surface area contributed by atoms with Gasteiger partial charge in [0, 0.05) is 6.07 Å². The van der Waals surface area contributed by atoms with E-state index in [0.29, 0.717) is 17.2 Å². The van der Waals surface area contributed by atoms with Gasteiger partial charge in [-0.2, -0.15) is 0 Å². The van der Waals surface area contributed by atoms with Crippen LogP contribution in [0, 0.1) is 12.3 Å². The van der Waals surface area contributed by atoms with Crippen LogP contribution in [0.15, 0.2) is 12.3 Å². The largest absolute Gasteiger partial charge is 0.495 e. The van der Waals surface area contributed by atoms with Crippen molar-refractivity contribution in [3.05, 3.63) is 17.8 Å². The Morgan fingerprint density at radius 2 is 2.17 bits per heavy atom. The van der Waals surface area contributed by atoms with E-state index in [1.807, 2.05) is 0 Å². The van der Waals surface area contributed by atoms with Crippen molar-refractivity contribution in [2.75, 3.05) is 14.2 Å². The van der Waals surface area contributed by atoms with Gasteiger partial charge in [0.2, 0.25) is 5.88 Å². The zero-order chi connectivity index (χ0) is 8.97. The smallest absolute Gasteiger partial charge is 0.216 e. The second-order valence-corrected chi connectivity index (χ2v) is 2.07. The molecule has 0 atom stereocenters. The molecule has 0 spiro atoms. The Bertz CT molecular complexity index is 315. The van der Waals surface area contributed by atoms with Gasteiger partial charge < -0.3 is 9.47 Å². The van der Waals surface area contributed by atoms with Crippen molar-refractivity contribution in [2.45, 2.75) is 0 Å². The van der Waals surface area contributed by atoms with Gasteiger partial charge in [0.05, 0.1) is 26.0 Å². The number of methoxy groups -OCH3 is 2. The maximum absolute atomic E-state index is 5.21. The molecule has 0 fully saturated rings. The van der Waals surface area contributed by atoms with Gasteiger partial charge in [-0.15, -0.1) is 6.42 Å². The second kappa shape index (κ2) is 3.63. The second-order valence-electron chi connectivity index (χ2n) is 2.07. The summed E-state index contributed by atoms with van der Waals surface area (Å²) in [6.45, 7) is 0. The summed E-state index contributed by atoms with van der Waals surface area (Å²) < 4.78 is 9.91. The molecular weight excluding hydrogens is 154 g/mol. The molecule has 0 saturated heterocycles. The summed E-state index contributed by atoms with van der Waals surface area (Å²) in [6.07, 6.45) is 6.75. The van der Waals surface area contributed by atoms with Gasteiger partial charge in [0.25, 0.3) is 0 Å². The maximum atomic E-state index is 5.21. The Balaban J connectivity index is 3.13. The number of aromatic nitrogens is 1. The fourth-order valence-electron chi connectivity index (χ4n) is 0.808. The Morgan fingerprint density at radius 1 is 1.42 bits per heavy atom. The van der Waals surface area contributed by atoms with Crippen molar-refractivity contribution in [3.63, 3.8) is 0 Å². The fraction of sp³-hybridized carbons (Fsp3) is 0.222. The van der Waals surface area contributed by atoms with Gasteiger partial charge in [0.15, 0.2) is 0 Å². The van der Waals surface area contributed by atoms with Crippen LogP contribution >= 0.6 is 0 Å². The highest BCUT2D eigenvalue weighted by atomic mass is 16.5. The number of pyridine rings is 1. The van der Waals surface area contributed by atoms with E-state index in [0.717, 1.165) is 0 Å². The molecule has 3 nitrogen and oxygen atoms in total. The molecule has 0 unspecified atom stereocenters. The van der Waals surface area contributed by atoms with E-state index in [2.05, 4.69) is 10.9 Å². The van der Waals surface area contributed by atoms with Crippen molar-refractivity contribution in [1.29, 1.82) is 0 Å². The van der Waals surface area contributed by atoms with Crippen molar-refractivity contribution < 1.29 is 9.47 Å². The Morgan fingerprint density at radius 3 is 2.67 bits per heavy atom. The Kier molecular flexibility index (Phi) is 2.54. The predicted molar refractivity (Wildman–Crippen MR) is 45.3 cm³/mol. The van der Waals surface area contributed by atoms with Gasteiger partial charge in [-0.25, -0.2) is 4.98 Å². The number of nitrogens with zero attached hydrogens (tertiary/aromatic N) is 1. The van der Waals surface area contributed by atoms with Crippen LogP contribution in [0.1, 0.15) is 5.56 Å². The molecule has 1 aromatic rings. The third-order valence-corrected chi connectivity index (χ3v) is 1.43. The van der Waals surface area contributed by atoms with E-state index < -0.39 is 0 Å². The van der Waals surface area contributed by atoms with Gasteiger partial charge in [-0.1, -0.05) is 5.92 Å². The summed E-state index contributed by atoms with van der Waals surface area (Å²) in [4.78, 5) is 3.93. The summed E-state index contributed by atoms with van der Waals surface area (Å²) in [5.74, 6) is 3.55. The molecule has 0 aliphatic rings. The number of hydrogen-bond acceptors (Lipinski definition) is 3. The van der Waals surface area contributed by atoms with Crippen LogP contribution in [0.4, 0.5) is 0 Å². The highest BCUT2D eigenvalue weighted by molar-refractivity contribution is 5.45. The maximum Gasteiger partial charge on any atom is 0.216 e. The van der Waals surface area contributed by atoms with Gasteiger partial charge in [0.1, 0.15) is 5.75 Å². The summed E-state index contributed by atoms with van der Waals surface area (Å²) >= 11 is 0. The van der Waals surface area contributed by atoms with Crippen LogP contribution in [0.2, 0.25) is 0 Å². The van der Waals surface area contributed by atoms with E-state index in [1.54, 1.807) is 13.2 Å². The molecule has 0 aliphatic heterocycles. The number of ether oxygens (including phenoxy) is 2. The third kappa shape index (κ3) is 1.48. The van der Waals surface area contributed by atoms with Crippen LogP contribution in [-0.4, -0.2) is 19.2 Å². The fourth-order valence-corrected chi connectivity index (χ4v) is 0.808. The summed E-state index contributed by atoms with van der Waals surface area (Å²) in [7, 11) is 3.09. The van der Waals surface area contributed by atoms with E-state index >= 15 is 0 Å². The molecule has 0 aliphatic carbocycles. The molecule has 12 heavy (non-hydrogen) atoms. The topological polar surface area (TPSA) is 31.4 Å². The molecule has 0 saturated carbocycles. The molecule has 3 heteroatoms. The van der Waals surface area contributed by atoms with Crippen LogP contribution < -0.4 is 9.47 Å². The number of terminal acetylenes is 1. The van der Waals surface area contributed by atoms with Gasteiger partial charge in [-0.3, -0.25) is 0 Å². The van der Waals surface area contributed by atoms with Crippen molar-refractivity contribution >= 4 is 0 Å². The first-order chi connectivity index (χ1) is 5.81. The zero-order valence-electron chi connectivity index (χ0n) is 7.00. The Labute approximate surface area is 71.3 Å². The van der Waals surface area contributed by atoms with E-state index in [1.165, 1.54) is 13.3 Å². The van der Waals surface area contributed by atoms with Gasteiger partial charge in [-0.05, 0) is 0 Å². The lowest BCUT2D eigenvalue weighted by Gasteiger charge is -2.04. The molecule has 0 bridgehead atoms. The molecule has 1 heterocycles. The summed E-state index contributed by atoms with van der Waals surface area (Å²) in [6, 6.07) is 1.65. The minimum absolute atomic E-state index is 0.492. The average molecular weight is 163 g/mol. The van der Waals surface area contributed by atoms with Gasteiger partial charge >= 0.3 is 0 Å². The Hall–Kier alpha value is -1.69. The average Bonchev–Trinajstić information content (AvgIpc) is 2.16. The van der Waals surface area contributed by atoms with E-state index in [9.17, 15) is 0 Å². The minimum Gasteiger partial charge on any atom is -0.495 e. The lowest BCUT2D eigenvalue weighted by molar-refractivity contribution is 0.381. The van der Waals surface area contributed by atoms with Crippen molar-refractivity contribution in [2.24, 2.45) is 0 Å². The first kappa shape index (κ1) is 8.41. The number of hydrogen-bond donors (Lipinski definition) is 0. The lowest BCUT2D eigenvalue weighted by Crippen LogP contribution is -1.92. The quantitative estimate of drug-likeness (QED) is 0.611. The first-order valence-corrected chi connectivity index (χ1v) is 3.36.